The van der Waals surface area contributed by atoms with Gasteiger partial charge in [0.15, 0.2) is 11.5 Å². The van der Waals surface area contributed by atoms with Gasteiger partial charge in [-0.2, -0.15) is 4.89 Å². The van der Waals surface area contributed by atoms with Gasteiger partial charge in [-0.3, -0.25) is 9.69 Å². The Balaban J connectivity index is 1.17. The number of likely N-dealkylation sites (tertiary alicyclic amines) is 1. The van der Waals surface area contributed by atoms with E-state index in [1.165, 1.54) is 18.4 Å². The molecule has 1 unspecified atom stereocenters. The highest BCUT2D eigenvalue weighted by Crippen LogP contribution is 2.38. The summed E-state index contributed by atoms with van der Waals surface area (Å²) in [6.45, 7) is 3.75. The zero-order valence-corrected chi connectivity index (χ0v) is 15.5. The molecular formula is C23H25NO3. The monoisotopic (exact) mass is 363 g/mol. The lowest BCUT2D eigenvalue weighted by Crippen LogP contribution is -2.34. The van der Waals surface area contributed by atoms with Crippen molar-refractivity contribution in [3.63, 3.8) is 0 Å². The number of Topliss-reactive ketones (excluding diaryl/α,β-unsaturated/α-hetero) is 1. The summed E-state index contributed by atoms with van der Waals surface area (Å²) in [6, 6.07) is 14.7. The number of ketones is 1. The molecule has 140 valence electrons. The van der Waals surface area contributed by atoms with Gasteiger partial charge in [0.1, 0.15) is 6.61 Å². The summed E-state index contributed by atoms with van der Waals surface area (Å²) in [5.74, 6) is 1.92. The maximum atomic E-state index is 12.9. The maximum absolute atomic E-state index is 12.9. The first-order chi connectivity index (χ1) is 13.3. The third-order valence-electron chi connectivity index (χ3n) is 6.33. The van der Waals surface area contributed by atoms with Gasteiger partial charge in [0.2, 0.25) is 0 Å². The molecule has 2 heterocycles. The van der Waals surface area contributed by atoms with Crippen LogP contribution in [0.15, 0.2) is 42.5 Å². The van der Waals surface area contributed by atoms with Gasteiger partial charge in [-0.05, 0) is 68.0 Å². The first-order valence-electron chi connectivity index (χ1n) is 10.0. The molecule has 0 amide bonds. The van der Waals surface area contributed by atoms with E-state index in [0.717, 1.165) is 54.9 Å². The van der Waals surface area contributed by atoms with Crippen LogP contribution >= 0.6 is 0 Å². The van der Waals surface area contributed by atoms with Gasteiger partial charge < -0.3 is 4.89 Å². The molecule has 4 heteroatoms. The van der Waals surface area contributed by atoms with Crippen molar-refractivity contribution in [3.05, 3.63) is 64.7 Å². The molecule has 3 aliphatic rings. The predicted octanol–water partition coefficient (Wildman–Crippen LogP) is 4.17. The fourth-order valence-electron chi connectivity index (χ4n) is 4.80. The van der Waals surface area contributed by atoms with Gasteiger partial charge in [-0.25, -0.2) is 0 Å². The van der Waals surface area contributed by atoms with Crippen molar-refractivity contribution in [2.24, 2.45) is 11.8 Å². The predicted molar refractivity (Wildman–Crippen MR) is 102 cm³/mol. The van der Waals surface area contributed by atoms with Crippen molar-refractivity contribution in [1.29, 1.82) is 0 Å². The first kappa shape index (κ1) is 17.0. The first-order valence-corrected chi connectivity index (χ1v) is 10.0. The average Bonchev–Trinajstić information content (AvgIpc) is 3.27. The highest BCUT2D eigenvalue weighted by atomic mass is 17.2. The minimum Gasteiger partial charge on any atom is -0.337 e. The molecule has 2 aromatic carbocycles. The highest BCUT2D eigenvalue weighted by molar-refractivity contribution is 6.02. The van der Waals surface area contributed by atoms with E-state index >= 15 is 0 Å². The molecule has 2 aromatic rings. The summed E-state index contributed by atoms with van der Waals surface area (Å²) in [7, 11) is 0. The topological polar surface area (TPSA) is 38.8 Å². The van der Waals surface area contributed by atoms with Crippen LogP contribution < -0.4 is 4.89 Å². The van der Waals surface area contributed by atoms with Crippen molar-refractivity contribution in [2.75, 3.05) is 13.1 Å². The lowest BCUT2D eigenvalue weighted by atomic mass is 9.85. The lowest BCUT2D eigenvalue weighted by molar-refractivity contribution is -0.194. The standard InChI is InChI=1S/C23H25NO3/c25-23-19(11-18-13-22-20(12-21(18)23)15-26-27-22)10-16-6-8-24(9-7-16)14-17-4-2-1-3-5-17/h1-5,12-13,16,19H,6-11,14-15H2. The second kappa shape index (κ2) is 7.10. The highest BCUT2D eigenvalue weighted by Gasteiger charge is 2.35. The number of carbonyl (C=O) groups excluding carboxylic acids is 1. The van der Waals surface area contributed by atoms with Crippen LogP contribution in [0.5, 0.6) is 5.75 Å². The quantitative estimate of drug-likeness (QED) is 0.765. The van der Waals surface area contributed by atoms with E-state index in [1.807, 2.05) is 12.1 Å². The van der Waals surface area contributed by atoms with Crippen molar-refractivity contribution in [1.82, 2.24) is 4.90 Å². The SMILES string of the molecule is O=C1c2cc3c(cc2CC1CC1CCN(Cc2ccccc2)CC1)OOC3. The molecule has 5 rings (SSSR count). The number of carbonyl (C=O) groups is 1. The Morgan fingerprint density at radius 3 is 2.67 bits per heavy atom. The van der Waals surface area contributed by atoms with Crippen molar-refractivity contribution in [2.45, 2.75) is 38.8 Å². The Labute approximate surface area is 160 Å². The van der Waals surface area contributed by atoms with Gasteiger partial charge in [-0.15, -0.1) is 0 Å². The van der Waals surface area contributed by atoms with Gasteiger partial charge in [0, 0.05) is 23.6 Å². The van der Waals surface area contributed by atoms with Gasteiger partial charge >= 0.3 is 0 Å². The van der Waals surface area contributed by atoms with Crippen molar-refractivity contribution in [3.8, 4) is 5.75 Å². The summed E-state index contributed by atoms with van der Waals surface area (Å²) < 4.78 is 0. The summed E-state index contributed by atoms with van der Waals surface area (Å²) >= 11 is 0. The molecule has 1 aliphatic carbocycles. The van der Waals surface area contributed by atoms with Crippen LogP contribution in [0, 0.1) is 11.8 Å². The summed E-state index contributed by atoms with van der Waals surface area (Å²) in [4.78, 5) is 25.6. The van der Waals surface area contributed by atoms with E-state index < -0.39 is 0 Å². The molecular weight excluding hydrogens is 338 g/mol. The number of hydrogen-bond donors (Lipinski definition) is 0. The van der Waals surface area contributed by atoms with Crippen LogP contribution in [-0.4, -0.2) is 23.8 Å². The molecule has 1 atom stereocenters. The third-order valence-corrected chi connectivity index (χ3v) is 6.33. The molecule has 0 spiro atoms. The third kappa shape index (κ3) is 3.40. The molecule has 0 N–H and O–H groups in total. The van der Waals surface area contributed by atoms with E-state index in [9.17, 15) is 4.79 Å². The summed E-state index contributed by atoms with van der Waals surface area (Å²) in [6.07, 6.45) is 4.27. The second-order valence-electron chi connectivity index (χ2n) is 8.17. The average molecular weight is 363 g/mol. The van der Waals surface area contributed by atoms with E-state index in [4.69, 9.17) is 9.78 Å². The number of piperidine rings is 1. The number of fused-ring (bicyclic) bond motifs is 2. The van der Waals surface area contributed by atoms with Crippen molar-refractivity contribution < 1.29 is 14.6 Å². The lowest BCUT2D eigenvalue weighted by Gasteiger charge is -2.32. The molecule has 0 bridgehead atoms. The molecule has 0 aromatic heterocycles. The maximum Gasteiger partial charge on any atom is 0.171 e. The molecule has 0 radical (unpaired) electrons. The van der Waals surface area contributed by atoms with Gasteiger partial charge in [0.25, 0.3) is 0 Å². The Morgan fingerprint density at radius 1 is 1.04 bits per heavy atom. The minimum atomic E-state index is 0.147. The van der Waals surface area contributed by atoms with Crippen LogP contribution in [0.3, 0.4) is 0 Å². The zero-order chi connectivity index (χ0) is 18.2. The fourth-order valence-corrected chi connectivity index (χ4v) is 4.80. The molecule has 1 saturated heterocycles. The Kier molecular flexibility index (Phi) is 4.46. The van der Waals surface area contributed by atoms with Crippen molar-refractivity contribution >= 4 is 5.78 Å². The fraction of sp³-hybridized carbons (Fsp3) is 0.435. The molecule has 4 nitrogen and oxygen atoms in total. The van der Waals surface area contributed by atoms with E-state index in [-0.39, 0.29) is 5.92 Å². The summed E-state index contributed by atoms with van der Waals surface area (Å²) in [5, 5.41) is 0. The minimum absolute atomic E-state index is 0.147. The molecule has 1 fully saturated rings. The van der Waals surface area contributed by atoms with Gasteiger partial charge in [-0.1, -0.05) is 30.3 Å². The Hall–Kier alpha value is -2.17. The van der Waals surface area contributed by atoms with Crippen LogP contribution in [0.4, 0.5) is 0 Å². The summed E-state index contributed by atoms with van der Waals surface area (Å²) in [5.41, 5.74) is 4.42. The number of nitrogens with zero attached hydrogens (tertiary/aromatic N) is 1. The van der Waals surface area contributed by atoms with Crippen LogP contribution in [0.25, 0.3) is 0 Å². The smallest absolute Gasteiger partial charge is 0.171 e. The molecule has 2 aliphatic heterocycles. The Morgan fingerprint density at radius 2 is 1.85 bits per heavy atom. The van der Waals surface area contributed by atoms with Crippen LogP contribution in [0.1, 0.15) is 46.3 Å². The zero-order valence-electron chi connectivity index (χ0n) is 15.5. The number of benzene rings is 2. The van der Waals surface area contributed by atoms with E-state index in [1.54, 1.807) is 0 Å². The van der Waals surface area contributed by atoms with Gasteiger partial charge in [0.05, 0.1) is 0 Å². The number of hydrogen-bond acceptors (Lipinski definition) is 4. The van der Waals surface area contributed by atoms with E-state index in [2.05, 4.69) is 35.2 Å². The normalized spacial score (nSPS) is 22.5. The molecule has 27 heavy (non-hydrogen) atoms. The van der Waals surface area contributed by atoms with E-state index in [0.29, 0.717) is 18.3 Å². The molecule has 0 saturated carbocycles. The Bertz CT molecular complexity index is 840. The van der Waals surface area contributed by atoms with Crippen LogP contribution in [-0.2, 0) is 24.5 Å². The number of rotatable bonds is 4. The second-order valence-corrected chi connectivity index (χ2v) is 8.17. The van der Waals surface area contributed by atoms with Crippen LogP contribution in [0.2, 0.25) is 0 Å². The largest absolute Gasteiger partial charge is 0.337 e.